The summed E-state index contributed by atoms with van der Waals surface area (Å²) in [6.45, 7) is 7.62. The summed E-state index contributed by atoms with van der Waals surface area (Å²) in [6, 6.07) is 0. The van der Waals surface area contributed by atoms with Gasteiger partial charge < -0.3 is 9.47 Å². The minimum absolute atomic E-state index is 0.157. The fourth-order valence-corrected chi connectivity index (χ4v) is 2.54. The Morgan fingerprint density at radius 2 is 1.94 bits per heavy atom. The Balaban J connectivity index is 2.55. The third-order valence-electron chi connectivity index (χ3n) is 2.84. The van der Waals surface area contributed by atoms with Gasteiger partial charge in [-0.3, -0.25) is 4.79 Å². The van der Waals surface area contributed by atoms with Crippen LogP contribution in [0.15, 0.2) is 5.16 Å². The molecule has 1 heterocycles. The summed E-state index contributed by atoms with van der Waals surface area (Å²) in [4.78, 5) is 13.7. The molecule has 0 aliphatic carbocycles. The molecule has 0 saturated heterocycles. The fourth-order valence-electron chi connectivity index (χ4n) is 1.71. The van der Waals surface area contributed by atoms with Gasteiger partial charge in [0.15, 0.2) is 5.16 Å². The summed E-state index contributed by atoms with van der Waals surface area (Å²) in [7, 11) is 1.95. The first-order chi connectivity index (χ1) is 8.63. The Labute approximate surface area is 113 Å². The highest BCUT2D eigenvalue weighted by atomic mass is 32.2. The van der Waals surface area contributed by atoms with Gasteiger partial charge in [0, 0.05) is 26.6 Å². The van der Waals surface area contributed by atoms with Crippen LogP contribution in [0.1, 0.15) is 33.0 Å². The molecule has 0 saturated carbocycles. The van der Waals surface area contributed by atoms with Crippen molar-refractivity contribution < 1.29 is 4.79 Å². The van der Waals surface area contributed by atoms with Crippen LogP contribution in [0.3, 0.4) is 0 Å². The van der Waals surface area contributed by atoms with Crippen LogP contribution >= 0.6 is 11.8 Å². The van der Waals surface area contributed by atoms with Crippen molar-refractivity contribution in [3.05, 3.63) is 5.82 Å². The molecular weight excluding hydrogens is 248 g/mol. The van der Waals surface area contributed by atoms with Crippen LogP contribution in [0.2, 0.25) is 0 Å². The Morgan fingerprint density at radius 3 is 2.50 bits per heavy atom. The van der Waals surface area contributed by atoms with Crippen LogP contribution in [0, 0.1) is 0 Å². The van der Waals surface area contributed by atoms with Gasteiger partial charge in [0.2, 0.25) is 5.91 Å². The molecule has 6 heteroatoms. The minimum atomic E-state index is 0.157. The van der Waals surface area contributed by atoms with E-state index in [9.17, 15) is 4.79 Å². The summed E-state index contributed by atoms with van der Waals surface area (Å²) in [6.07, 6.45) is 1.98. The van der Waals surface area contributed by atoms with E-state index in [0.717, 1.165) is 36.9 Å². The van der Waals surface area contributed by atoms with Crippen molar-refractivity contribution in [3.63, 3.8) is 0 Å². The standard InChI is InChI=1S/C12H22N4OS/c1-5-8-10-13-14-12(15(10)4)18-9-11(17)16(6-2)7-3/h5-9H2,1-4H3. The molecule has 102 valence electrons. The van der Waals surface area contributed by atoms with Gasteiger partial charge in [-0.2, -0.15) is 0 Å². The first kappa shape index (κ1) is 15.0. The molecular formula is C12H22N4OS. The predicted molar refractivity (Wildman–Crippen MR) is 73.7 cm³/mol. The number of amides is 1. The van der Waals surface area contributed by atoms with Crippen molar-refractivity contribution in [2.45, 2.75) is 38.8 Å². The number of carbonyl (C=O) groups is 1. The predicted octanol–water partition coefficient (Wildman–Crippen LogP) is 1.73. The molecule has 0 bridgehead atoms. The van der Waals surface area contributed by atoms with Crippen LogP contribution < -0.4 is 0 Å². The second-order valence-corrected chi connectivity index (χ2v) is 5.01. The summed E-state index contributed by atoms with van der Waals surface area (Å²) in [5.74, 6) is 1.57. The topological polar surface area (TPSA) is 51.0 Å². The lowest BCUT2D eigenvalue weighted by atomic mass is 10.3. The average Bonchev–Trinajstić information content (AvgIpc) is 2.70. The molecule has 0 aromatic carbocycles. The minimum Gasteiger partial charge on any atom is -0.343 e. The van der Waals surface area contributed by atoms with E-state index in [0.29, 0.717) is 5.75 Å². The van der Waals surface area contributed by atoms with Gasteiger partial charge >= 0.3 is 0 Å². The maximum absolute atomic E-state index is 11.9. The normalized spacial score (nSPS) is 10.7. The highest BCUT2D eigenvalue weighted by Gasteiger charge is 2.13. The van der Waals surface area contributed by atoms with Crippen molar-refractivity contribution in [2.75, 3.05) is 18.8 Å². The molecule has 18 heavy (non-hydrogen) atoms. The first-order valence-corrected chi connectivity index (χ1v) is 7.41. The van der Waals surface area contributed by atoms with Crippen LogP contribution in [0.25, 0.3) is 0 Å². The molecule has 0 unspecified atom stereocenters. The number of aryl methyl sites for hydroxylation is 1. The van der Waals surface area contributed by atoms with E-state index in [1.165, 1.54) is 11.8 Å². The second kappa shape index (κ2) is 7.41. The summed E-state index contributed by atoms with van der Waals surface area (Å²) in [5, 5.41) is 9.08. The lowest BCUT2D eigenvalue weighted by Gasteiger charge is -2.17. The Kier molecular flexibility index (Phi) is 6.18. The van der Waals surface area contributed by atoms with Crippen molar-refractivity contribution in [2.24, 2.45) is 7.05 Å². The highest BCUT2D eigenvalue weighted by Crippen LogP contribution is 2.16. The van der Waals surface area contributed by atoms with Gasteiger partial charge in [0.1, 0.15) is 5.82 Å². The third kappa shape index (κ3) is 3.73. The number of aromatic nitrogens is 3. The Hall–Kier alpha value is -1.04. The molecule has 1 aromatic heterocycles. The lowest BCUT2D eigenvalue weighted by Crippen LogP contribution is -2.31. The molecule has 0 aliphatic rings. The molecule has 1 aromatic rings. The Morgan fingerprint density at radius 1 is 1.28 bits per heavy atom. The molecule has 0 fully saturated rings. The summed E-state index contributed by atoms with van der Waals surface area (Å²) in [5.41, 5.74) is 0. The first-order valence-electron chi connectivity index (χ1n) is 6.42. The fraction of sp³-hybridized carbons (Fsp3) is 0.750. The van der Waals surface area contributed by atoms with Gasteiger partial charge in [-0.05, 0) is 20.3 Å². The monoisotopic (exact) mass is 270 g/mol. The van der Waals surface area contributed by atoms with Crippen molar-refractivity contribution in [3.8, 4) is 0 Å². The maximum Gasteiger partial charge on any atom is 0.233 e. The maximum atomic E-state index is 11.9. The van der Waals surface area contributed by atoms with E-state index >= 15 is 0 Å². The van der Waals surface area contributed by atoms with Crippen molar-refractivity contribution >= 4 is 17.7 Å². The highest BCUT2D eigenvalue weighted by molar-refractivity contribution is 7.99. The summed E-state index contributed by atoms with van der Waals surface area (Å²) < 4.78 is 1.98. The van der Waals surface area contributed by atoms with Gasteiger partial charge in [-0.25, -0.2) is 0 Å². The SMILES string of the molecule is CCCc1nnc(SCC(=O)N(CC)CC)n1C. The summed E-state index contributed by atoms with van der Waals surface area (Å²) >= 11 is 1.46. The smallest absolute Gasteiger partial charge is 0.233 e. The zero-order valence-electron chi connectivity index (χ0n) is 11.6. The molecule has 1 rings (SSSR count). The molecule has 0 atom stereocenters. The quantitative estimate of drug-likeness (QED) is 0.708. The largest absolute Gasteiger partial charge is 0.343 e. The number of carbonyl (C=O) groups excluding carboxylic acids is 1. The zero-order valence-corrected chi connectivity index (χ0v) is 12.5. The van der Waals surface area contributed by atoms with Crippen LogP contribution in [0.5, 0.6) is 0 Å². The van der Waals surface area contributed by atoms with E-state index in [4.69, 9.17) is 0 Å². The molecule has 0 aliphatic heterocycles. The molecule has 0 N–H and O–H groups in total. The van der Waals surface area contributed by atoms with E-state index in [1.807, 2.05) is 30.4 Å². The Bertz CT molecular complexity index is 387. The number of hydrogen-bond acceptors (Lipinski definition) is 4. The van der Waals surface area contributed by atoms with Crippen LogP contribution in [-0.4, -0.2) is 44.4 Å². The second-order valence-electron chi connectivity index (χ2n) is 4.06. The molecule has 0 radical (unpaired) electrons. The molecule has 1 amide bonds. The van der Waals surface area contributed by atoms with Gasteiger partial charge in [0.25, 0.3) is 0 Å². The third-order valence-corrected chi connectivity index (χ3v) is 3.84. The van der Waals surface area contributed by atoms with Gasteiger partial charge in [0.05, 0.1) is 5.75 Å². The van der Waals surface area contributed by atoms with Gasteiger partial charge in [-0.1, -0.05) is 18.7 Å². The number of hydrogen-bond donors (Lipinski definition) is 0. The van der Waals surface area contributed by atoms with Crippen LogP contribution in [-0.2, 0) is 18.3 Å². The van der Waals surface area contributed by atoms with E-state index in [1.54, 1.807) is 0 Å². The lowest BCUT2D eigenvalue weighted by molar-refractivity contribution is -0.127. The molecule has 5 nitrogen and oxygen atoms in total. The zero-order chi connectivity index (χ0) is 13.5. The van der Waals surface area contributed by atoms with E-state index < -0.39 is 0 Å². The molecule has 0 spiro atoms. The number of thioether (sulfide) groups is 1. The van der Waals surface area contributed by atoms with E-state index in [-0.39, 0.29) is 5.91 Å². The number of nitrogens with zero attached hydrogens (tertiary/aromatic N) is 4. The van der Waals surface area contributed by atoms with Crippen molar-refractivity contribution in [1.82, 2.24) is 19.7 Å². The van der Waals surface area contributed by atoms with Crippen LogP contribution in [0.4, 0.5) is 0 Å². The average molecular weight is 270 g/mol. The van der Waals surface area contributed by atoms with Gasteiger partial charge in [-0.15, -0.1) is 10.2 Å². The van der Waals surface area contributed by atoms with Crippen molar-refractivity contribution in [1.29, 1.82) is 0 Å². The van der Waals surface area contributed by atoms with E-state index in [2.05, 4.69) is 17.1 Å². The number of rotatable bonds is 7.